The molecule has 0 radical (unpaired) electrons. The number of carbonyl (C=O) groups is 1. The molecule has 2 aliphatic rings. The number of halogens is 7. The van der Waals surface area contributed by atoms with Crippen molar-refractivity contribution in [1.29, 1.82) is 0 Å². The van der Waals surface area contributed by atoms with E-state index in [1.165, 1.54) is 34.4 Å². The third-order valence-electron chi connectivity index (χ3n) is 9.19. The zero-order valence-corrected chi connectivity index (χ0v) is 25.7. The predicted molar refractivity (Wildman–Crippen MR) is 155 cm³/mol. The van der Waals surface area contributed by atoms with E-state index in [9.17, 15) is 54.2 Å². The fourth-order valence-corrected chi connectivity index (χ4v) is 9.28. The van der Waals surface area contributed by atoms with Gasteiger partial charge in [0.25, 0.3) is 0 Å². The van der Waals surface area contributed by atoms with Crippen LogP contribution in [0.3, 0.4) is 0 Å². The van der Waals surface area contributed by atoms with E-state index >= 15 is 0 Å². The number of sulfone groups is 1. The Labute approximate surface area is 264 Å². The second kappa shape index (κ2) is 12.2. The Morgan fingerprint density at radius 1 is 0.891 bits per heavy atom. The summed E-state index contributed by atoms with van der Waals surface area (Å²) in [5, 5.41) is 22.6. The fraction of sp³-hybridized carbons (Fsp3) is 0.452. The zero-order chi connectivity index (χ0) is 33.7. The summed E-state index contributed by atoms with van der Waals surface area (Å²) < 4.78 is 123. The van der Waals surface area contributed by atoms with E-state index in [1.54, 1.807) is 22.9 Å². The van der Waals surface area contributed by atoms with Crippen LogP contribution in [0.15, 0.2) is 70.3 Å². The van der Waals surface area contributed by atoms with Crippen molar-refractivity contribution in [3.05, 3.63) is 76.5 Å². The smallest absolute Gasteiger partial charge is 0.368 e. The number of thiophene rings is 1. The van der Waals surface area contributed by atoms with Gasteiger partial charge in [-0.1, -0.05) is 36.4 Å². The molecule has 1 unspecified atom stereocenters. The Morgan fingerprint density at radius 2 is 1.52 bits per heavy atom. The molecule has 15 heteroatoms. The summed E-state index contributed by atoms with van der Waals surface area (Å²) in [6, 6.07) is 9.80. The number of aliphatic hydroxyl groups excluding tert-OH is 1. The molecule has 2 aromatic carbocycles. The van der Waals surface area contributed by atoms with Gasteiger partial charge in [0.15, 0.2) is 16.1 Å². The summed E-state index contributed by atoms with van der Waals surface area (Å²) in [6.07, 6.45) is -13.1. The van der Waals surface area contributed by atoms with Crippen molar-refractivity contribution in [2.75, 3.05) is 13.1 Å². The van der Waals surface area contributed by atoms with Gasteiger partial charge in [0.05, 0.1) is 4.90 Å². The van der Waals surface area contributed by atoms with E-state index in [0.717, 1.165) is 17.7 Å². The first kappa shape index (κ1) is 34.3. The van der Waals surface area contributed by atoms with E-state index < -0.39 is 62.8 Å². The van der Waals surface area contributed by atoms with Crippen LogP contribution in [-0.2, 0) is 25.0 Å². The van der Waals surface area contributed by atoms with Gasteiger partial charge in [-0.2, -0.15) is 37.7 Å². The molecule has 1 saturated carbocycles. The van der Waals surface area contributed by atoms with Gasteiger partial charge in [0, 0.05) is 30.5 Å². The maximum atomic E-state index is 14.8. The largest absolute Gasteiger partial charge is 0.435 e. The van der Waals surface area contributed by atoms with Crippen LogP contribution in [0.2, 0.25) is 0 Å². The minimum Gasteiger partial charge on any atom is -0.368 e. The summed E-state index contributed by atoms with van der Waals surface area (Å²) in [5.74, 6) is -1.33. The quantitative estimate of drug-likeness (QED) is 0.212. The molecule has 1 atom stereocenters. The average molecular weight is 694 g/mol. The van der Waals surface area contributed by atoms with E-state index in [0.29, 0.717) is 43.4 Å². The number of carbonyl (C=O) groups excluding carboxylic acids is 1. The van der Waals surface area contributed by atoms with Gasteiger partial charge >= 0.3 is 18.0 Å². The Hall–Kier alpha value is -3.01. The van der Waals surface area contributed by atoms with Crippen LogP contribution in [0.5, 0.6) is 0 Å². The van der Waals surface area contributed by atoms with Gasteiger partial charge in [-0.05, 0) is 77.8 Å². The second-order valence-electron chi connectivity index (χ2n) is 11.8. The lowest BCUT2D eigenvalue weighted by Gasteiger charge is -2.34. The third-order valence-corrected chi connectivity index (χ3v) is 12.3. The lowest BCUT2D eigenvalue weighted by molar-refractivity contribution is -0.348. The van der Waals surface area contributed by atoms with Gasteiger partial charge in [0.1, 0.15) is 4.75 Å². The summed E-state index contributed by atoms with van der Waals surface area (Å²) >= 11 is 1.38. The molecule has 250 valence electrons. The normalized spacial score (nSPS) is 23.2. The van der Waals surface area contributed by atoms with Crippen molar-refractivity contribution in [1.82, 2.24) is 4.90 Å². The number of aliphatic hydroxyl groups is 2. The van der Waals surface area contributed by atoms with Gasteiger partial charge in [-0.15, -0.1) is 0 Å². The van der Waals surface area contributed by atoms with E-state index in [1.807, 2.05) is 0 Å². The van der Waals surface area contributed by atoms with Crippen molar-refractivity contribution in [2.45, 2.75) is 66.1 Å². The molecule has 1 aromatic heterocycles. The van der Waals surface area contributed by atoms with Gasteiger partial charge in [-0.3, -0.25) is 4.79 Å². The Balaban J connectivity index is 1.56. The molecule has 0 bridgehead atoms. The summed E-state index contributed by atoms with van der Waals surface area (Å²) in [5.41, 5.74) is -6.36. The first-order valence-electron chi connectivity index (χ1n) is 14.4. The van der Waals surface area contributed by atoms with Crippen molar-refractivity contribution in [3.8, 4) is 11.1 Å². The topological polar surface area (TPSA) is 94.9 Å². The van der Waals surface area contributed by atoms with Crippen LogP contribution in [-0.4, -0.2) is 61.2 Å². The molecule has 1 saturated heterocycles. The molecule has 1 aliphatic heterocycles. The third kappa shape index (κ3) is 5.84. The second-order valence-corrected chi connectivity index (χ2v) is 14.8. The standard InChI is InChI=1S/C31H30F7NO5S2/c32-29(30(33,34)35,31(36,37)38)24-10-8-23(9-11-24)28(46(43,44)25-3-1-2-21(16-25)22-12-15-45-17-22)13-14-39(18-28)26(40)19-4-6-20(7-5-19)27(41)42/h1-3,8-12,15-17,19-20,27,41-42H,4-7,13-14,18H2/t19-,20-,28?. The van der Waals surface area contributed by atoms with Crippen molar-refractivity contribution in [3.63, 3.8) is 0 Å². The molecular formula is C31H30F7NO5S2. The maximum absolute atomic E-state index is 14.8. The number of rotatable bonds is 7. The van der Waals surface area contributed by atoms with Crippen molar-refractivity contribution in [2.24, 2.45) is 11.8 Å². The molecule has 0 spiro atoms. The van der Waals surface area contributed by atoms with Crippen LogP contribution in [0.4, 0.5) is 30.7 Å². The molecule has 2 N–H and O–H groups in total. The first-order valence-corrected chi connectivity index (χ1v) is 16.8. The van der Waals surface area contributed by atoms with Crippen LogP contribution >= 0.6 is 11.3 Å². The number of likely N-dealkylation sites (tertiary alicyclic amines) is 1. The molecule has 2 heterocycles. The van der Waals surface area contributed by atoms with Crippen LogP contribution in [0, 0.1) is 11.8 Å². The van der Waals surface area contributed by atoms with Crippen LogP contribution in [0.1, 0.15) is 43.2 Å². The summed E-state index contributed by atoms with van der Waals surface area (Å²) in [4.78, 5) is 14.7. The monoisotopic (exact) mass is 693 g/mol. The molecule has 1 amide bonds. The molecular weight excluding hydrogens is 663 g/mol. The first-order chi connectivity index (χ1) is 21.4. The maximum Gasteiger partial charge on any atom is 0.435 e. The molecule has 3 aromatic rings. The highest BCUT2D eigenvalue weighted by molar-refractivity contribution is 7.92. The molecule has 2 fully saturated rings. The minimum atomic E-state index is -6.35. The number of benzene rings is 2. The van der Waals surface area contributed by atoms with Crippen molar-refractivity contribution >= 4 is 27.1 Å². The molecule has 1 aliphatic carbocycles. The predicted octanol–water partition coefficient (Wildman–Crippen LogP) is 6.72. The zero-order valence-electron chi connectivity index (χ0n) is 24.1. The number of alkyl halides is 7. The Bertz CT molecular complexity index is 1640. The van der Waals surface area contributed by atoms with Gasteiger partial charge in [-0.25, -0.2) is 12.8 Å². The summed E-state index contributed by atoms with van der Waals surface area (Å²) in [7, 11) is -4.48. The number of amides is 1. The fourth-order valence-electron chi connectivity index (χ4n) is 6.49. The minimum absolute atomic E-state index is 0.0786. The molecule has 5 rings (SSSR count). The van der Waals surface area contributed by atoms with Gasteiger partial charge in [0.2, 0.25) is 5.91 Å². The Morgan fingerprint density at radius 3 is 2.07 bits per heavy atom. The number of hydrogen-bond donors (Lipinski definition) is 2. The van der Waals surface area contributed by atoms with E-state index in [-0.39, 0.29) is 29.3 Å². The SMILES string of the molecule is O=C([C@H]1CC[C@H](C(O)O)CC1)N1CCC(c2ccc(C(F)(C(F)(F)F)C(F)(F)F)cc2)(S(=O)(=O)c2cccc(-c3ccsc3)c2)C1. The van der Waals surface area contributed by atoms with Crippen molar-refractivity contribution < 1.29 is 54.2 Å². The highest BCUT2D eigenvalue weighted by atomic mass is 32.2. The average Bonchev–Trinajstić information content (AvgIpc) is 3.72. The molecule has 46 heavy (non-hydrogen) atoms. The highest BCUT2D eigenvalue weighted by Gasteiger charge is 2.73. The van der Waals surface area contributed by atoms with Crippen LogP contribution in [0.25, 0.3) is 11.1 Å². The lowest BCUT2D eigenvalue weighted by atomic mass is 9.81. The lowest BCUT2D eigenvalue weighted by Crippen LogP contribution is -2.50. The van der Waals surface area contributed by atoms with Gasteiger partial charge < -0.3 is 15.1 Å². The molecule has 6 nitrogen and oxygen atoms in total. The number of nitrogens with zero attached hydrogens (tertiary/aromatic N) is 1. The number of hydrogen-bond acceptors (Lipinski definition) is 6. The Kier molecular flexibility index (Phi) is 9.12. The van der Waals surface area contributed by atoms with E-state index in [2.05, 4.69) is 0 Å². The summed E-state index contributed by atoms with van der Waals surface area (Å²) in [6.45, 7) is -0.525. The van der Waals surface area contributed by atoms with Crippen LogP contribution < -0.4 is 0 Å². The van der Waals surface area contributed by atoms with E-state index in [4.69, 9.17) is 0 Å². The highest BCUT2D eigenvalue weighted by Crippen LogP contribution is 2.54.